The minimum atomic E-state index is -1.61. The van der Waals surface area contributed by atoms with Crippen molar-refractivity contribution in [1.29, 1.82) is 0 Å². The van der Waals surface area contributed by atoms with E-state index in [1.165, 1.54) is 11.1 Å². The van der Waals surface area contributed by atoms with Crippen LogP contribution in [0.2, 0.25) is 0 Å². The van der Waals surface area contributed by atoms with Crippen LogP contribution in [0, 0.1) is 0 Å². The van der Waals surface area contributed by atoms with Crippen molar-refractivity contribution < 1.29 is 69.3 Å². The Morgan fingerprint density at radius 3 is 1.96 bits per heavy atom. The van der Waals surface area contributed by atoms with Gasteiger partial charge in [-0.15, -0.1) is 0 Å². The molecule has 4 fully saturated rings. The number of allylic oxidation sites excluding steroid dienone is 6. The van der Waals surface area contributed by atoms with Crippen LogP contribution in [-0.2, 0) is 28.4 Å². The van der Waals surface area contributed by atoms with Gasteiger partial charge in [-0.3, -0.25) is 4.99 Å². The Labute approximate surface area is 328 Å². The first-order valence-corrected chi connectivity index (χ1v) is 19.5. The Hall–Kier alpha value is -1.79. The lowest BCUT2D eigenvalue weighted by Gasteiger charge is -2.45. The predicted molar refractivity (Wildman–Crippen MR) is 203 cm³/mol. The minimum absolute atomic E-state index is 0.0436. The summed E-state index contributed by atoms with van der Waals surface area (Å²) >= 11 is 0. The van der Waals surface area contributed by atoms with E-state index in [4.69, 9.17) is 45.6 Å². The normalized spacial score (nSPS) is 42.7. The molecule has 18 heteroatoms. The van der Waals surface area contributed by atoms with E-state index in [2.05, 4.69) is 37.9 Å². The van der Waals surface area contributed by atoms with Crippen molar-refractivity contribution in [2.24, 2.45) is 22.2 Å². The van der Waals surface area contributed by atoms with Gasteiger partial charge in [-0.2, -0.15) is 0 Å². The highest BCUT2D eigenvalue weighted by Crippen LogP contribution is 2.34. The highest BCUT2D eigenvalue weighted by Gasteiger charge is 2.53. The Bertz CT molecular complexity index is 1330. The molecule has 0 radical (unpaired) electrons. The number of nitrogens with zero attached hydrogens (tertiary/aromatic N) is 1. The third kappa shape index (κ3) is 12.4. The molecule has 56 heavy (non-hydrogen) atoms. The van der Waals surface area contributed by atoms with Gasteiger partial charge in [0.25, 0.3) is 0 Å². The smallest absolute Gasteiger partial charge is 0.187 e. The van der Waals surface area contributed by atoms with E-state index >= 15 is 0 Å². The second-order valence-corrected chi connectivity index (χ2v) is 15.7. The summed E-state index contributed by atoms with van der Waals surface area (Å²) < 4.78 is 35.4. The molecule has 18 atom stereocenters. The fourth-order valence-electron chi connectivity index (χ4n) is 7.27. The standard InChI is InChI=1S/C38H66N4O14/c1-18(2)7-5-8-19(3)9-6-10-20(4)11-12-42-15-24-31(48)32(49)28(41)37(52-24)55-35-26(17-44)53-38(33(35)50)56-36-29(46)21(39)13-22(40)34(36)54-27-14-23(45)30(47)25(16-43)51-27/h7,9,11-12,21-38,43-50H,5-6,8,10,13-17,39-41H2,1-4H3/b19-9+,20-11+,42-12+. The fraction of sp³-hybridized carbons (Fsp3) is 0.816. The van der Waals surface area contributed by atoms with Gasteiger partial charge in [-0.1, -0.05) is 28.9 Å². The molecular weight excluding hydrogens is 736 g/mol. The number of aliphatic hydroxyl groups is 8. The van der Waals surface area contributed by atoms with Crippen molar-refractivity contribution >= 4 is 6.21 Å². The molecular formula is C38H66N4O14. The van der Waals surface area contributed by atoms with Crippen LogP contribution < -0.4 is 17.2 Å². The lowest BCUT2D eigenvalue weighted by Crippen LogP contribution is -2.65. The van der Waals surface area contributed by atoms with Gasteiger partial charge in [0.2, 0.25) is 0 Å². The zero-order chi connectivity index (χ0) is 41.3. The number of aliphatic imine (C=N–C) groups is 1. The summed E-state index contributed by atoms with van der Waals surface area (Å²) in [5.74, 6) is 0. The molecule has 14 N–H and O–H groups in total. The fourth-order valence-corrected chi connectivity index (χ4v) is 7.27. The summed E-state index contributed by atoms with van der Waals surface area (Å²) in [7, 11) is 0. The number of rotatable bonds is 17. The van der Waals surface area contributed by atoms with E-state index in [1.807, 2.05) is 13.0 Å². The number of ether oxygens (including phenoxy) is 6. The first-order chi connectivity index (χ1) is 26.6. The van der Waals surface area contributed by atoms with Crippen LogP contribution in [-0.4, -0.2) is 177 Å². The first kappa shape index (κ1) is 46.9. The zero-order valence-electron chi connectivity index (χ0n) is 32.8. The van der Waals surface area contributed by atoms with Crippen molar-refractivity contribution in [2.45, 2.75) is 176 Å². The van der Waals surface area contributed by atoms with Crippen LogP contribution in [0.3, 0.4) is 0 Å². The maximum Gasteiger partial charge on any atom is 0.187 e. The predicted octanol–water partition coefficient (Wildman–Crippen LogP) is -2.27. The topological polar surface area (TPSA) is 308 Å². The molecule has 0 aromatic heterocycles. The molecule has 0 bridgehead atoms. The number of hydrogen-bond donors (Lipinski definition) is 11. The summed E-state index contributed by atoms with van der Waals surface area (Å²) in [5, 5.41) is 84.2. The van der Waals surface area contributed by atoms with Crippen LogP contribution >= 0.6 is 0 Å². The lowest BCUT2D eigenvalue weighted by atomic mass is 9.84. The van der Waals surface area contributed by atoms with Crippen molar-refractivity contribution in [3.8, 4) is 0 Å². The van der Waals surface area contributed by atoms with Crippen LogP contribution in [0.5, 0.6) is 0 Å². The van der Waals surface area contributed by atoms with Crippen molar-refractivity contribution in [3.63, 3.8) is 0 Å². The maximum absolute atomic E-state index is 11.4. The molecule has 3 aliphatic heterocycles. The second kappa shape index (κ2) is 22.0. The third-order valence-corrected chi connectivity index (χ3v) is 10.8. The maximum atomic E-state index is 11.4. The SMILES string of the molecule is CC(C)=CCC/C(C)=C/CC/C(C)=C/C=N/CC1OC(OC2C(CO)OC(OC3C(O)C(N)CC(N)C3OC3CC(O)C(O)C(CO)O3)C2O)C(N)C(O)C1O. The Kier molecular flexibility index (Phi) is 18.4. The van der Waals surface area contributed by atoms with Crippen molar-refractivity contribution in [1.82, 2.24) is 0 Å². The largest absolute Gasteiger partial charge is 0.394 e. The Morgan fingerprint density at radius 2 is 1.29 bits per heavy atom. The van der Waals surface area contributed by atoms with Crippen LogP contribution in [0.4, 0.5) is 0 Å². The average Bonchev–Trinajstić information content (AvgIpc) is 3.45. The van der Waals surface area contributed by atoms with Gasteiger partial charge in [-0.25, -0.2) is 0 Å². The van der Waals surface area contributed by atoms with Crippen LogP contribution in [0.1, 0.15) is 66.2 Å². The van der Waals surface area contributed by atoms with E-state index in [1.54, 1.807) is 6.21 Å². The summed E-state index contributed by atoms with van der Waals surface area (Å²) in [6.07, 6.45) is -8.06. The van der Waals surface area contributed by atoms with E-state index in [9.17, 15) is 40.9 Å². The molecule has 18 nitrogen and oxygen atoms in total. The van der Waals surface area contributed by atoms with Gasteiger partial charge in [0, 0.05) is 24.7 Å². The number of hydrogen-bond acceptors (Lipinski definition) is 18. The molecule has 3 saturated heterocycles. The third-order valence-electron chi connectivity index (χ3n) is 10.8. The lowest BCUT2D eigenvalue weighted by molar-refractivity contribution is -0.305. The molecule has 0 aromatic rings. The van der Waals surface area contributed by atoms with Gasteiger partial charge >= 0.3 is 0 Å². The molecule has 1 aliphatic carbocycles. The molecule has 0 spiro atoms. The van der Waals surface area contributed by atoms with E-state index in [0.717, 1.165) is 31.3 Å². The van der Waals surface area contributed by atoms with Gasteiger partial charge in [0.15, 0.2) is 18.9 Å². The molecule has 0 aromatic carbocycles. The highest BCUT2D eigenvalue weighted by atomic mass is 16.8. The molecule has 3 heterocycles. The highest BCUT2D eigenvalue weighted by molar-refractivity contribution is 5.72. The Morgan fingerprint density at radius 1 is 0.643 bits per heavy atom. The van der Waals surface area contributed by atoms with E-state index in [-0.39, 0.29) is 19.4 Å². The van der Waals surface area contributed by atoms with Crippen molar-refractivity contribution in [3.05, 3.63) is 34.9 Å². The molecule has 18 unspecified atom stereocenters. The summed E-state index contributed by atoms with van der Waals surface area (Å²) in [4.78, 5) is 4.37. The van der Waals surface area contributed by atoms with Crippen molar-refractivity contribution in [2.75, 3.05) is 19.8 Å². The average molecular weight is 803 g/mol. The quantitative estimate of drug-likeness (QED) is 0.0546. The van der Waals surface area contributed by atoms with Crippen LogP contribution in [0.25, 0.3) is 0 Å². The number of nitrogens with two attached hydrogens (primary N) is 3. The minimum Gasteiger partial charge on any atom is -0.394 e. The molecule has 4 rings (SSSR count). The van der Waals surface area contributed by atoms with Gasteiger partial charge in [0.05, 0.1) is 38.0 Å². The molecule has 0 amide bonds. The van der Waals surface area contributed by atoms with E-state index in [0.29, 0.717) is 0 Å². The molecule has 4 aliphatic rings. The van der Waals surface area contributed by atoms with Gasteiger partial charge < -0.3 is 86.5 Å². The zero-order valence-corrected chi connectivity index (χ0v) is 32.8. The second-order valence-electron chi connectivity index (χ2n) is 15.7. The summed E-state index contributed by atoms with van der Waals surface area (Å²) in [6, 6.07) is -2.96. The molecule has 322 valence electrons. The monoisotopic (exact) mass is 802 g/mol. The Balaban J connectivity index is 1.37. The van der Waals surface area contributed by atoms with Crippen LogP contribution in [0.15, 0.2) is 39.9 Å². The number of aliphatic hydroxyl groups excluding tert-OH is 8. The van der Waals surface area contributed by atoms with Gasteiger partial charge in [0.1, 0.15) is 61.0 Å². The van der Waals surface area contributed by atoms with Gasteiger partial charge in [-0.05, 0) is 65.9 Å². The first-order valence-electron chi connectivity index (χ1n) is 19.5. The van der Waals surface area contributed by atoms with E-state index < -0.39 is 123 Å². The summed E-state index contributed by atoms with van der Waals surface area (Å²) in [6.45, 7) is 7.03. The molecule has 1 saturated carbocycles. The summed E-state index contributed by atoms with van der Waals surface area (Å²) in [5.41, 5.74) is 22.5.